The van der Waals surface area contributed by atoms with Gasteiger partial charge in [0.25, 0.3) is 0 Å². The lowest BCUT2D eigenvalue weighted by Gasteiger charge is -2.45. The molecule has 0 unspecified atom stereocenters. The zero-order valence-electron chi connectivity index (χ0n) is 14.5. The summed E-state index contributed by atoms with van der Waals surface area (Å²) in [6, 6.07) is 2.28. The molecule has 1 aliphatic carbocycles. The van der Waals surface area contributed by atoms with Crippen molar-refractivity contribution in [2.75, 3.05) is 7.11 Å². The first-order valence-corrected chi connectivity index (χ1v) is 8.03. The third kappa shape index (κ3) is 2.59. The molecule has 1 aromatic rings. The third-order valence-corrected chi connectivity index (χ3v) is 5.57. The van der Waals surface area contributed by atoms with Crippen LogP contribution in [0.4, 0.5) is 0 Å². The molecule has 0 bridgehead atoms. The molecule has 1 saturated heterocycles. The van der Waals surface area contributed by atoms with Gasteiger partial charge in [0.05, 0.1) is 35.3 Å². The molecule has 2 aliphatic rings. The molecule has 6 nitrogen and oxygen atoms in total. The van der Waals surface area contributed by atoms with Crippen LogP contribution < -0.4 is 5.46 Å². The lowest BCUT2D eigenvalue weighted by Crippen LogP contribution is -2.50. The second-order valence-corrected chi connectivity index (χ2v) is 7.63. The van der Waals surface area contributed by atoms with Crippen molar-refractivity contribution < 1.29 is 14.0 Å². The SMILES string of the molecule is COC1CC(CC#N)(n2cc(B3OC(C)(C)C(C)(C)O3)cn2)C1. The molecule has 0 amide bonds. The highest BCUT2D eigenvalue weighted by Gasteiger charge is 2.53. The molecule has 2 heterocycles. The Balaban J connectivity index is 1.80. The maximum atomic E-state index is 9.16. The Morgan fingerprint density at radius 1 is 1.35 bits per heavy atom. The van der Waals surface area contributed by atoms with Crippen molar-refractivity contribution in [1.82, 2.24) is 9.78 Å². The molecule has 124 valence electrons. The van der Waals surface area contributed by atoms with Crippen LogP contribution in [-0.4, -0.2) is 41.3 Å². The van der Waals surface area contributed by atoms with E-state index in [0.29, 0.717) is 6.42 Å². The van der Waals surface area contributed by atoms with E-state index >= 15 is 0 Å². The van der Waals surface area contributed by atoms with Crippen molar-refractivity contribution in [2.45, 2.75) is 69.8 Å². The fourth-order valence-corrected chi connectivity index (χ4v) is 3.21. The van der Waals surface area contributed by atoms with Gasteiger partial charge in [0.15, 0.2) is 0 Å². The Morgan fingerprint density at radius 3 is 2.48 bits per heavy atom. The highest BCUT2D eigenvalue weighted by atomic mass is 16.7. The first kappa shape index (κ1) is 16.5. The maximum Gasteiger partial charge on any atom is 0.498 e. The van der Waals surface area contributed by atoms with Gasteiger partial charge in [-0.3, -0.25) is 4.68 Å². The van der Waals surface area contributed by atoms with Gasteiger partial charge in [0, 0.05) is 25.0 Å². The molecular weight excluding hydrogens is 293 g/mol. The van der Waals surface area contributed by atoms with Crippen LogP contribution in [-0.2, 0) is 19.6 Å². The van der Waals surface area contributed by atoms with E-state index in [4.69, 9.17) is 19.3 Å². The molecule has 1 aromatic heterocycles. The van der Waals surface area contributed by atoms with Crippen LogP contribution in [0.5, 0.6) is 0 Å². The molecule has 0 aromatic carbocycles. The predicted molar refractivity (Wildman–Crippen MR) is 86.2 cm³/mol. The highest BCUT2D eigenvalue weighted by molar-refractivity contribution is 6.62. The zero-order chi connectivity index (χ0) is 16.9. The number of hydrogen-bond acceptors (Lipinski definition) is 5. The molecule has 0 atom stereocenters. The van der Waals surface area contributed by atoms with E-state index in [1.54, 1.807) is 13.3 Å². The first-order chi connectivity index (χ1) is 10.7. The fraction of sp³-hybridized carbons (Fsp3) is 0.750. The van der Waals surface area contributed by atoms with Crippen molar-refractivity contribution in [2.24, 2.45) is 0 Å². The molecule has 7 heteroatoms. The average Bonchev–Trinajstić information content (AvgIpc) is 2.97. The molecule has 2 fully saturated rings. The van der Waals surface area contributed by atoms with Crippen molar-refractivity contribution in [3.05, 3.63) is 12.4 Å². The van der Waals surface area contributed by atoms with Gasteiger partial charge in [-0.1, -0.05) is 0 Å². The second kappa shape index (κ2) is 5.33. The predicted octanol–water partition coefficient (Wildman–Crippen LogP) is 1.60. The number of methoxy groups -OCH3 is 1. The molecule has 3 rings (SSSR count). The summed E-state index contributed by atoms with van der Waals surface area (Å²) in [5, 5.41) is 13.6. The molecular formula is C16H24BN3O3. The van der Waals surface area contributed by atoms with Gasteiger partial charge in [-0.15, -0.1) is 0 Å². The van der Waals surface area contributed by atoms with E-state index in [0.717, 1.165) is 18.3 Å². The van der Waals surface area contributed by atoms with Gasteiger partial charge in [-0.25, -0.2) is 0 Å². The molecule has 0 spiro atoms. The van der Waals surface area contributed by atoms with Crippen LogP contribution >= 0.6 is 0 Å². The van der Waals surface area contributed by atoms with Gasteiger partial charge in [0.1, 0.15) is 0 Å². The minimum absolute atomic E-state index is 0.202. The monoisotopic (exact) mass is 317 g/mol. The molecule has 1 aliphatic heterocycles. The van der Waals surface area contributed by atoms with E-state index in [2.05, 4.69) is 11.2 Å². The molecule has 0 radical (unpaired) electrons. The minimum Gasteiger partial charge on any atom is -0.399 e. The fourth-order valence-electron chi connectivity index (χ4n) is 3.21. The zero-order valence-corrected chi connectivity index (χ0v) is 14.5. The number of nitrogens with zero attached hydrogens (tertiary/aromatic N) is 3. The van der Waals surface area contributed by atoms with Crippen LogP contribution in [0.2, 0.25) is 0 Å². The second-order valence-electron chi connectivity index (χ2n) is 7.63. The Bertz CT molecular complexity index is 613. The van der Waals surface area contributed by atoms with E-state index < -0.39 is 7.12 Å². The van der Waals surface area contributed by atoms with Gasteiger partial charge in [-0.2, -0.15) is 10.4 Å². The summed E-state index contributed by atoms with van der Waals surface area (Å²) in [7, 11) is 1.28. The Hall–Kier alpha value is -1.36. The van der Waals surface area contributed by atoms with E-state index in [9.17, 15) is 0 Å². The Morgan fingerprint density at radius 2 is 1.96 bits per heavy atom. The molecule has 23 heavy (non-hydrogen) atoms. The van der Waals surface area contributed by atoms with Crippen molar-refractivity contribution >= 4 is 12.6 Å². The van der Waals surface area contributed by atoms with Gasteiger partial charge in [0.2, 0.25) is 0 Å². The molecule has 1 saturated carbocycles. The summed E-state index contributed by atoms with van der Waals surface area (Å²) in [4.78, 5) is 0. The molecule has 0 N–H and O–H groups in total. The van der Waals surface area contributed by atoms with Gasteiger partial charge < -0.3 is 14.0 Å². The minimum atomic E-state index is -0.425. The number of ether oxygens (including phenoxy) is 1. The van der Waals surface area contributed by atoms with E-state index in [1.165, 1.54) is 0 Å². The van der Waals surface area contributed by atoms with Crippen LogP contribution in [0, 0.1) is 11.3 Å². The summed E-state index contributed by atoms with van der Waals surface area (Å²) >= 11 is 0. The lowest BCUT2D eigenvalue weighted by atomic mass is 9.72. The van der Waals surface area contributed by atoms with Gasteiger partial charge >= 0.3 is 7.12 Å². The highest BCUT2D eigenvalue weighted by Crippen LogP contribution is 2.43. The van der Waals surface area contributed by atoms with Crippen molar-refractivity contribution in [3.63, 3.8) is 0 Å². The largest absolute Gasteiger partial charge is 0.498 e. The third-order valence-electron chi connectivity index (χ3n) is 5.57. The van der Waals surface area contributed by atoms with E-state index in [1.807, 2.05) is 38.6 Å². The smallest absolute Gasteiger partial charge is 0.399 e. The Kier molecular flexibility index (Phi) is 3.83. The summed E-state index contributed by atoms with van der Waals surface area (Å²) in [5.74, 6) is 0. The summed E-state index contributed by atoms with van der Waals surface area (Å²) in [6.45, 7) is 8.13. The van der Waals surface area contributed by atoms with E-state index in [-0.39, 0.29) is 22.8 Å². The first-order valence-electron chi connectivity index (χ1n) is 8.03. The van der Waals surface area contributed by atoms with Crippen LogP contribution in [0.1, 0.15) is 47.0 Å². The standard InChI is InChI=1S/C16H24BN3O3/c1-14(2)15(3,4)23-17(22-14)12-10-19-20(11-12)16(6-7-18)8-13(9-16)21-5/h10-11,13H,6,8-9H2,1-5H3. The maximum absolute atomic E-state index is 9.16. The van der Waals surface area contributed by atoms with Gasteiger partial charge in [-0.05, 0) is 40.5 Å². The van der Waals surface area contributed by atoms with Crippen LogP contribution in [0.3, 0.4) is 0 Å². The lowest BCUT2D eigenvalue weighted by molar-refractivity contribution is -0.0541. The topological polar surface area (TPSA) is 69.3 Å². The Labute approximate surface area is 137 Å². The number of rotatable bonds is 4. The van der Waals surface area contributed by atoms with Crippen molar-refractivity contribution in [1.29, 1.82) is 5.26 Å². The normalized spacial score (nSPS) is 31.7. The van der Waals surface area contributed by atoms with Crippen molar-refractivity contribution in [3.8, 4) is 6.07 Å². The number of nitriles is 1. The summed E-state index contributed by atoms with van der Waals surface area (Å²) in [5.41, 5.74) is -0.123. The average molecular weight is 317 g/mol. The summed E-state index contributed by atoms with van der Waals surface area (Å²) in [6.07, 6.45) is 5.97. The number of hydrogen-bond donors (Lipinski definition) is 0. The number of aromatic nitrogens is 2. The quantitative estimate of drug-likeness (QED) is 0.789. The van der Waals surface area contributed by atoms with Crippen LogP contribution in [0.25, 0.3) is 0 Å². The summed E-state index contributed by atoms with van der Waals surface area (Å²) < 4.78 is 19.4. The van der Waals surface area contributed by atoms with Crippen LogP contribution in [0.15, 0.2) is 12.4 Å².